The molecule has 0 amide bonds. The van der Waals surface area contributed by atoms with Crippen molar-refractivity contribution < 1.29 is 0 Å². The van der Waals surface area contributed by atoms with Gasteiger partial charge in [-0.2, -0.15) is 0 Å². The molecule has 19 heavy (non-hydrogen) atoms. The van der Waals surface area contributed by atoms with E-state index in [1.807, 2.05) is 36.0 Å². The smallest absolute Gasteiger partial charge is 0.0984 e. The molecule has 0 aliphatic carbocycles. The summed E-state index contributed by atoms with van der Waals surface area (Å²) in [4.78, 5) is 4.57. The highest BCUT2D eigenvalue weighted by molar-refractivity contribution is 9.10. The molecule has 1 aliphatic rings. The van der Waals surface area contributed by atoms with Gasteiger partial charge in [0.1, 0.15) is 0 Å². The third kappa shape index (κ3) is 2.73. The third-order valence-corrected chi connectivity index (χ3v) is 4.79. The number of rotatable bonds is 2. The predicted molar refractivity (Wildman–Crippen MR) is 88.5 cm³/mol. The molecule has 0 spiro atoms. The summed E-state index contributed by atoms with van der Waals surface area (Å²) in [6.45, 7) is 0.901. The molecular weight excluding hydrogens is 342 g/mol. The summed E-state index contributed by atoms with van der Waals surface area (Å²) in [5.41, 5.74) is 3.35. The van der Waals surface area contributed by atoms with Crippen molar-refractivity contribution in [3.8, 4) is 11.1 Å². The fraction of sp³-hybridized carbons (Fsp3) is 0.133. The Morgan fingerprint density at radius 2 is 1.89 bits per heavy atom. The lowest BCUT2D eigenvalue weighted by molar-refractivity contribution is 1.17. The maximum Gasteiger partial charge on any atom is 0.0984 e. The zero-order valence-electron chi connectivity index (χ0n) is 10.1. The van der Waals surface area contributed by atoms with Crippen molar-refractivity contribution in [3.05, 3.63) is 57.5 Å². The molecule has 0 bridgehead atoms. The first-order valence-electron chi connectivity index (χ1n) is 5.98. The number of hydrogen-bond donors (Lipinski definition) is 0. The van der Waals surface area contributed by atoms with Crippen molar-refractivity contribution >= 4 is 44.3 Å². The zero-order valence-corrected chi connectivity index (χ0v) is 13.2. The largest absolute Gasteiger partial charge is 0.277 e. The SMILES string of the molecule is Clc1ccccc1-c1cc(Br)ccc1C1=NCCS1. The summed E-state index contributed by atoms with van der Waals surface area (Å²) in [6.07, 6.45) is 0. The minimum atomic E-state index is 0.769. The van der Waals surface area contributed by atoms with Gasteiger partial charge in [0.05, 0.1) is 5.04 Å². The number of benzene rings is 2. The molecular formula is C15H11BrClNS. The Kier molecular flexibility index (Phi) is 3.96. The standard InChI is InChI=1S/C15H11BrClNS/c16-10-5-6-12(15-18-7-8-19-15)13(9-10)11-3-1-2-4-14(11)17/h1-6,9H,7-8H2. The lowest BCUT2D eigenvalue weighted by atomic mass is 10.00. The molecule has 0 atom stereocenters. The molecule has 0 radical (unpaired) electrons. The van der Waals surface area contributed by atoms with Gasteiger partial charge in [-0.05, 0) is 23.8 Å². The molecule has 96 valence electrons. The van der Waals surface area contributed by atoms with Gasteiger partial charge in [-0.3, -0.25) is 4.99 Å². The molecule has 0 fully saturated rings. The van der Waals surface area contributed by atoms with E-state index >= 15 is 0 Å². The van der Waals surface area contributed by atoms with Crippen molar-refractivity contribution in [2.45, 2.75) is 0 Å². The molecule has 1 heterocycles. The van der Waals surface area contributed by atoms with Crippen molar-refractivity contribution in [1.82, 2.24) is 0 Å². The molecule has 0 saturated heterocycles. The summed E-state index contributed by atoms with van der Waals surface area (Å²) in [5, 5.41) is 1.88. The molecule has 4 heteroatoms. The first-order chi connectivity index (χ1) is 9.25. The molecule has 3 rings (SSSR count). The summed E-state index contributed by atoms with van der Waals surface area (Å²) in [6, 6.07) is 14.2. The summed E-state index contributed by atoms with van der Waals surface area (Å²) in [7, 11) is 0. The molecule has 1 aliphatic heterocycles. The van der Waals surface area contributed by atoms with Gasteiger partial charge in [0.2, 0.25) is 0 Å². The minimum absolute atomic E-state index is 0.769. The number of hydrogen-bond acceptors (Lipinski definition) is 2. The van der Waals surface area contributed by atoms with Crippen LogP contribution < -0.4 is 0 Å². The van der Waals surface area contributed by atoms with Crippen LogP contribution in [0.5, 0.6) is 0 Å². The van der Waals surface area contributed by atoms with Gasteiger partial charge in [-0.25, -0.2) is 0 Å². The molecule has 0 N–H and O–H groups in total. The maximum atomic E-state index is 6.33. The second kappa shape index (κ2) is 5.70. The maximum absolute atomic E-state index is 6.33. The molecule has 0 unspecified atom stereocenters. The Morgan fingerprint density at radius 1 is 1.05 bits per heavy atom. The van der Waals surface area contributed by atoms with Crippen LogP contribution in [-0.4, -0.2) is 17.3 Å². The Bertz CT molecular complexity index is 654. The molecule has 0 aromatic heterocycles. The highest BCUT2D eigenvalue weighted by atomic mass is 79.9. The average molecular weight is 353 g/mol. The van der Waals surface area contributed by atoms with Crippen LogP contribution in [0, 0.1) is 0 Å². The summed E-state index contributed by atoms with van der Waals surface area (Å²) < 4.78 is 1.05. The fourth-order valence-corrected chi connectivity index (χ4v) is 3.59. The monoisotopic (exact) mass is 351 g/mol. The molecule has 2 aromatic carbocycles. The average Bonchev–Trinajstić information content (AvgIpc) is 2.93. The number of thioether (sulfide) groups is 1. The van der Waals surface area contributed by atoms with E-state index in [1.54, 1.807) is 0 Å². The van der Waals surface area contributed by atoms with Crippen molar-refractivity contribution in [3.63, 3.8) is 0 Å². The van der Waals surface area contributed by atoms with E-state index in [4.69, 9.17) is 11.6 Å². The van der Waals surface area contributed by atoms with Gasteiger partial charge in [0.15, 0.2) is 0 Å². The van der Waals surface area contributed by atoms with Crippen LogP contribution in [-0.2, 0) is 0 Å². The highest BCUT2D eigenvalue weighted by Crippen LogP contribution is 2.35. The molecule has 0 saturated carbocycles. The van der Waals surface area contributed by atoms with Crippen molar-refractivity contribution in [2.75, 3.05) is 12.3 Å². The highest BCUT2D eigenvalue weighted by Gasteiger charge is 2.16. The topological polar surface area (TPSA) is 12.4 Å². The van der Waals surface area contributed by atoms with Crippen LogP contribution in [0.3, 0.4) is 0 Å². The third-order valence-electron chi connectivity index (χ3n) is 2.96. The lowest BCUT2D eigenvalue weighted by Gasteiger charge is -2.11. The zero-order chi connectivity index (χ0) is 13.2. The van der Waals surface area contributed by atoms with Gasteiger partial charge in [0.25, 0.3) is 0 Å². The quantitative estimate of drug-likeness (QED) is 0.718. The van der Waals surface area contributed by atoms with Gasteiger partial charge in [-0.15, -0.1) is 11.8 Å². The lowest BCUT2D eigenvalue weighted by Crippen LogP contribution is -1.96. The van der Waals surface area contributed by atoms with Crippen molar-refractivity contribution in [1.29, 1.82) is 0 Å². The number of nitrogens with zero attached hydrogens (tertiary/aromatic N) is 1. The Balaban J connectivity index is 2.19. The van der Waals surface area contributed by atoms with E-state index in [-0.39, 0.29) is 0 Å². The van der Waals surface area contributed by atoms with E-state index in [0.29, 0.717) is 0 Å². The number of halogens is 2. The first-order valence-corrected chi connectivity index (χ1v) is 8.13. The van der Waals surface area contributed by atoms with Crippen LogP contribution in [0.1, 0.15) is 5.56 Å². The van der Waals surface area contributed by atoms with Gasteiger partial charge < -0.3 is 0 Å². The van der Waals surface area contributed by atoms with E-state index < -0.39 is 0 Å². The fourth-order valence-electron chi connectivity index (χ4n) is 2.10. The van der Waals surface area contributed by atoms with E-state index in [9.17, 15) is 0 Å². The normalized spacial score (nSPS) is 14.5. The van der Waals surface area contributed by atoms with Crippen LogP contribution >= 0.6 is 39.3 Å². The summed E-state index contributed by atoms with van der Waals surface area (Å²) >= 11 is 11.7. The van der Waals surface area contributed by atoms with Gasteiger partial charge in [0, 0.05) is 32.9 Å². The Morgan fingerprint density at radius 3 is 2.63 bits per heavy atom. The van der Waals surface area contributed by atoms with E-state index in [0.717, 1.165) is 38.0 Å². The first kappa shape index (κ1) is 13.2. The van der Waals surface area contributed by atoms with Gasteiger partial charge >= 0.3 is 0 Å². The molecule has 2 aromatic rings. The number of aliphatic imine (C=N–C) groups is 1. The molecule has 1 nitrogen and oxygen atoms in total. The van der Waals surface area contributed by atoms with Crippen LogP contribution in [0.15, 0.2) is 51.9 Å². The van der Waals surface area contributed by atoms with Crippen LogP contribution in [0.4, 0.5) is 0 Å². The van der Waals surface area contributed by atoms with Crippen molar-refractivity contribution in [2.24, 2.45) is 4.99 Å². The van der Waals surface area contributed by atoms with Gasteiger partial charge in [-0.1, -0.05) is 51.8 Å². The van der Waals surface area contributed by atoms with E-state index in [2.05, 4.69) is 39.1 Å². The van der Waals surface area contributed by atoms with Crippen LogP contribution in [0.25, 0.3) is 11.1 Å². The second-order valence-electron chi connectivity index (χ2n) is 4.21. The van der Waals surface area contributed by atoms with Crippen LogP contribution in [0.2, 0.25) is 5.02 Å². The Labute approximate surface area is 130 Å². The predicted octanol–water partition coefficient (Wildman–Crippen LogP) is 5.26. The summed E-state index contributed by atoms with van der Waals surface area (Å²) in [5.74, 6) is 1.06. The van der Waals surface area contributed by atoms with E-state index in [1.165, 1.54) is 5.56 Å². The minimum Gasteiger partial charge on any atom is -0.277 e. The Hall–Kier alpha value is -0.770. The second-order valence-corrected chi connectivity index (χ2v) is 6.61.